The van der Waals surface area contributed by atoms with E-state index >= 15 is 0 Å². The maximum absolute atomic E-state index is 3.58. The SMILES string of the molecule is CCC1CNCC1N1CCC(CC)(CC)CC1. The maximum atomic E-state index is 3.58. The van der Waals surface area contributed by atoms with E-state index in [0.29, 0.717) is 5.41 Å². The number of nitrogens with zero attached hydrogens (tertiary/aromatic N) is 1. The molecule has 0 aromatic heterocycles. The molecule has 0 radical (unpaired) electrons. The first kappa shape index (κ1) is 13.4. The topological polar surface area (TPSA) is 15.3 Å². The Hall–Kier alpha value is -0.0800. The first-order valence-corrected chi connectivity index (χ1v) is 7.69. The summed E-state index contributed by atoms with van der Waals surface area (Å²) in [4.78, 5) is 2.78. The molecule has 0 amide bonds. The largest absolute Gasteiger partial charge is 0.315 e. The molecule has 2 aliphatic heterocycles. The molecule has 1 N–H and O–H groups in total. The van der Waals surface area contributed by atoms with Crippen LogP contribution in [0.1, 0.15) is 52.9 Å². The third-order valence-electron chi connectivity index (χ3n) is 5.66. The van der Waals surface area contributed by atoms with Crippen LogP contribution < -0.4 is 5.32 Å². The molecule has 0 bridgehead atoms. The van der Waals surface area contributed by atoms with Crippen molar-refractivity contribution in [1.29, 1.82) is 0 Å². The van der Waals surface area contributed by atoms with Crippen molar-refractivity contribution < 1.29 is 0 Å². The molecule has 2 heteroatoms. The summed E-state index contributed by atoms with van der Waals surface area (Å²) in [5.41, 5.74) is 0.671. The summed E-state index contributed by atoms with van der Waals surface area (Å²) in [7, 11) is 0. The van der Waals surface area contributed by atoms with E-state index in [1.54, 1.807) is 0 Å². The number of hydrogen-bond donors (Lipinski definition) is 1. The van der Waals surface area contributed by atoms with Crippen LogP contribution in [-0.4, -0.2) is 37.1 Å². The van der Waals surface area contributed by atoms with Gasteiger partial charge in [-0.2, -0.15) is 0 Å². The summed E-state index contributed by atoms with van der Waals surface area (Å²) in [5, 5.41) is 3.58. The first-order chi connectivity index (χ1) is 8.24. The van der Waals surface area contributed by atoms with Gasteiger partial charge in [0.15, 0.2) is 0 Å². The second-order valence-electron chi connectivity index (χ2n) is 6.14. The second-order valence-corrected chi connectivity index (χ2v) is 6.14. The van der Waals surface area contributed by atoms with Crippen LogP contribution in [-0.2, 0) is 0 Å². The molecule has 100 valence electrons. The Kier molecular flexibility index (Phi) is 4.48. The minimum absolute atomic E-state index is 0.671. The highest BCUT2D eigenvalue weighted by atomic mass is 15.2. The normalized spacial score (nSPS) is 34.1. The number of nitrogens with one attached hydrogen (secondary N) is 1. The molecule has 2 heterocycles. The quantitative estimate of drug-likeness (QED) is 0.810. The van der Waals surface area contributed by atoms with E-state index < -0.39 is 0 Å². The van der Waals surface area contributed by atoms with Crippen LogP contribution in [0.4, 0.5) is 0 Å². The molecule has 2 nitrogen and oxygen atoms in total. The molecule has 2 atom stereocenters. The van der Waals surface area contributed by atoms with Gasteiger partial charge in [0, 0.05) is 12.6 Å². The molecule has 2 unspecified atom stereocenters. The zero-order valence-corrected chi connectivity index (χ0v) is 12.0. The Morgan fingerprint density at radius 1 is 1.06 bits per heavy atom. The van der Waals surface area contributed by atoms with Crippen LogP contribution in [0.5, 0.6) is 0 Å². The Labute approximate surface area is 107 Å². The Morgan fingerprint density at radius 3 is 2.24 bits per heavy atom. The van der Waals surface area contributed by atoms with Crippen LogP contribution in [0, 0.1) is 11.3 Å². The van der Waals surface area contributed by atoms with E-state index in [-0.39, 0.29) is 0 Å². The van der Waals surface area contributed by atoms with Gasteiger partial charge in [-0.05, 0) is 43.8 Å². The van der Waals surface area contributed by atoms with Gasteiger partial charge in [0.05, 0.1) is 0 Å². The van der Waals surface area contributed by atoms with Gasteiger partial charge >= 0.3 is 0 Å². The van der Waals surface area contributed by atoms with Crippen molar-refractivity contribution in [2.45, 2.75) is 58.9 Å². The standard InChI is InChI=1S/C15H30N2/c1-4-13-11-16-12-14(13)17-9-7-15(5-2,6-3)8-10-17/h13-14,16H,4-12H2,1-3H3. The molecule has 2 aliphatic rings. The van der Waals surface area contributed by atoms with Crippen molar-refractivity contribution in [3.8, 4) is 0 Å². The molecular weight excluding hydrogens is 208 g/mol. The highest BCUT2D eigenvalue weighted by Crippen LogP contribution is 2.39. The fourth-order valence-electron chi connectivity index (χ4n) is 3.85. The monoisotopic (exact) mass is 238 g/mol. The zero-order valence-electron chi connectivity index (χ0n) is 12.0. The molecule has 17 heavy (non-hydrogen) atoms. The predicted molar refractivity (Wildman–Crippen MR) is 74.3 cm³/mol. The van der Waals surface area contributed by atoms with E-state index in [9.17, 15) is 0 Å². The fourth-order valence-corrected chi connectivity index (χ4v) is 3.85. The van der Waals surface area contributed by atoms with Crippen LogP contribution in [0.15, 0.2) is 0 Å². The minimum atomic E-state index is 0.671. The van der Waals surface area contributed by atoms with E-state index in [1.807, 2.05) is 0 Å². The van der Waals surface area contributed by atoms with Crippen molar-refractivity contribution in [2.24, 2.45) is 11.3 Å². The molecule has 0 aliphatic carbocycles. The van der Waals surface area contributed by atoms with E-state index in [4.69, 9.17) is 0 Å². The molecule has 2 fully saturated rings. The molecule has 0 spiro atoms. The molecule has 0 saturated carbocycles. The van der Waals surface area contributed by atoms with Gasteiger partial charge in [-0.15, -0.1) is 0 Å². The van der Waals surface area contributed by atoms with Gasteiger partial charge in [-0.3, -0.25) is 4.90 Å². The number of piperidine rings is 1. The molecule has 2 saturated heterocycles. The van der Waals surface area contributed by atoms with Gasteiger partial charge < -0.3 is 5.32 Å². The van der Waals surface area contributed by atoms with Crippen molar-refractivity contribution in [3.05, 3.63) is 0 Å². The van der Waals surface area contributed by atoms with E-state index in [1.165, 1.54) is 58.3 Å². The third kappa shape index (κ3) is 2.68. The smallest absolute Gasteiger partial charge is 0.0260 e. The third-order valence-corrected chi connectivity index (χ3v) is 5.66. The van der Waals surface area contributed by atoms with Crippen LogP contribution >= 0.6 is 0 Å². The summed E-state index contributed by atoms with van der Waals surface area (Å²) in [5.74, 6) is 0.894. The molecular formula is C15H30N2. The van der Waals surface area contributed by atoms with Crippen LogP contribution in [0.25, 0.3) is 0 Å². The lowest BCUT2D eigenvalue weighted by Gasteiger charge is -2.44. The summed E-state index contributed by atoms with van der Waals surface area (Å²) in [6, 6.07) is 0.826. The highest BCUT2D eigenvalue weighted by molar-refractivity contribution is 4.92. The minimum Gasteiger partial charge on any atom is -0.315 e. The number of hydrogen-bond acceptors (Lipinski definition) is 2. The highest BCUT2D eigenvalue weighted by Gasteiger charge is 2.37. The fraction of sp³-hybridized carbons (Fsp3) is 1.00. The Balaban J connectivity index is 1.90. The van der Waals surface area contributed by atoms with Gasteiger partial charge in [0.25, 0.3) is 0 Å². The van der Waals surface area contributed by atoms with Crippen LogP contribution in [0.3, 0.4) is 0 Å². The number of likely N-dealkylation sites (tertiary alicyclic amines) is 1. The number of rotatable bonds is 4. The summed E-state index contributed by atoms with van der Waals surface area (Å²) >= 11 is 0. The van der Waals surface area contributed by atoms with Crippen molar-refractivity contribution in [3.63, 3.8) is 0 Å². The van der Waals surface area contributed by atoms with Gasteiger partial charge in [0.2, 0.25) is 0 Å². The average Bonchev–Trinajstić information content (AvgIpc) is 2.87. The maximum Gasteiger partial charge on any atom is 0.0260 e. The molecule has 0 aromatic rings. The van der Waals surface area contributed by atoms with Gasteiger partial charge in [0.1, 0.15) is 0 Å². The second kappa shape index (κ2) is 5.71. The van der Waals surface area contributed by atoms with Crippen LogP contribution in [0.2, 0.25) is 0 Å². The summed E-state index contributed by atoms with van der Waals surface area (Å²) < 4.78 is 0. The lowest BCUT2D eigenvalue weighted by Crippen LogP contribution is -2.48. The molecule has 2 rings (SSSR count). The van der Waals surface area contributed by atoms with Crippen molar-refractivity contribution >= 4 is 0 Å². The summed E-state index contributed by atoms with van der Waals surface area (Å²) in [6.07, 6.45) is 6.93. The Bertz CT molecular complexity index is 225. The van der Waals surface area contributed by atoms with Gasteiger partial charge in [-0.25, -0.2) is 0 Å². The van der Waals surface area contributed by atoms with E-state index in [0.717, 1.165) is 12.0 Å². The average molecular weight is 238 g/mol. The van der Waals surface area contributed by atoms with Crippen molar-refractivity contribution in [1.82, 2.24) is 10.2 Å². The zero-order chi connectivity index (χ0) is 12.3. The molecule has 0 aromatic carbocycles. The lowest BCUT2D eigenvalue weighted by atomic mass is 9.73. The van der Waals surface area contributed by atoms with Gasteiger partial charge in [-0.1, -0.05) is 40.0 Å². The Morgan fingerprint density at radius 2 is 1.71 bits per heavy atom. The van der Waals surface area contributed by atoms with E-state index in [2.05, 4.69) is 31.0 Å². The summed E-state index contributed by atoms with van der Waals surface area (Å²) in [6.45, 7) is 12.2. The predicted octanol–water partition coefficient (Wildman–Crippen LogP) is 2.89. The first-order valence-electron chi connectivity index (χ1n) is 7.69. The lowest BCUT2D eigenvalue weighted by molar-refractivity contribution is 0.0577. The van der Waals surface area contributed by atoms with Crippen molar-refractivity contribution in [2.75, 3.05) is 26.2 Å².